The summed E-state index contributed by atoms with van der Waals surface area (Å²) in [5.74, 6) is 0.286. The average Bonchev–Trinajstić information content (AvgIpc) is 2.42. The Morgan fingerprint density at radius 2 is 1.52 bits per heavy atom. The maximum absolute atomic E-state index is 12.5. The van der Waals surface area contributed by atoms with Crippen molar-refractivity contribution in [2.45, 2.75) is 32.6 Å². The summed E-state index contributed by atoms with van der Waals surface area (Å²) in [5, 5.41) is 10.8. The van der Waals surface area contributed by atoms with Crippen molar-refractivity contribution < 1.29 is 17.5 Å². The zero-order valence-corrected chi connectivity index (χ0v) is 14.1. The number of aryl methyl sites for hydroxylation is 4. The number of hydrogen-bond donors (Lipinski definition) is 0. The van der Waals surface area contributed by atoms with Crippen LogP contribution in [-0.2, 0) is 10.1 Å². The monoisotopic (exact) mass is 335 g/mol. The van der Waals surface area contributed by atoms with Crippen molar-refractivity contribution in [3.05, 3.63) is 62.7 Å². The highest BCUT2D eigenvalue weighted by Gasteiger charge is 2.23. The largest absolute Gasteiger partial charge is 0.378 e. The lowest BCUT2D eigenvalue weighted by atomic mass is 10.1. The zero-order chi connectivity index (χ0) is 17.4. The van der Waals surface area contributed by atoms with Gasteiger partial charge in [-0.1, -0.05) is 17.7 Å². The zero-order valence-electron chi connectivity index (χ0n) is 13.3. The number of non-ortho nitro benzene ring substituents is 1. The summed E-state index contributed by atoms with van der Waals surface area (Å²) in [6, 6.07) is 7.23. The third kappa shape index (κ3) is 3.50. The highest BCUT2D eigenvalue weighted by Crippen LogP contribution is 2.29. The summed E-state index contributed by atoms with van der Waals surface area (Å²) < 4.78 is 30.3. The maximum atomic E-state index is 12.5. The Morgan fingerprint density at radius 3 is 2.00 bits per heavy atom. The lowest BCUT2D eigenvalue weighted by molar-refractivity contribution is -0.385. The smallest absolute Gasteiger partial charge is 0.339 e. The van der Waals surface area contributed by atoms with Crippen molar-refractivity contribution in [1.82, 2.24) is 0 Å². The molecule has 2 aromatic carbocycles. The molecule has 0 saturated carbocycles. The summed E-state index contributed by atoms with van der Waals surface area (Å²) in [4.78, 5) is 10.1. The Bertz CT molecular complexity index is 864. The second-order valence-corrected chi connectivity index (χ2v) is 6.99. The van der Waals surface area contributed by atoms with Gasteiger partial charge in [0, 0.05) is 12.1 Å². The van der Waals surface area contributed by atoms with Crippen LogP contribution in [0.15, 0.2) is 35.2 Å². The van der Waals surface area contributed by atoms with Gasteiger partial charge in [-0.2, -0.15) is 8.42 Å². The molecule has 0 saturated heterocycles. The van der Waals surface area contributed by atoms with Gasteiger partial charge in [-0.15, -0.1) is 0 Å². The van der Waals surface area contributed by atoms with E-state index in [0.29, 0.717) is 11.1 Å². The first kappa shape index (κ1) is 17.0. The number of nitro groups is 1. The van der Waals surface area contributed by atoms with E-state index in [-0.39, 0.29) is 21.9 Å². The molecule has 0 bridgehead atoms. The fraction of sp³-hybridized carbons (Fsp3) is 0.250. The van der Waals surface area contributed by atoms with Crippen molar-refractivity contribution in [1.29, 1.82) is 0 Å². The van der Waals surface area contributed by atoms with Gasteiger partial charge in [0.1, 0.15) is 10.6 Å². The molecule has 0 N–H and O–H groups in total. The summed E-state index contributed by atoms with van der Waals surface area (Å²) in [7, 11) is -4.07. The second-order valence-electron chi connectivity index (χ2n) is 5.47. The SMILES string of the molecule is Cc1cc(C)c(OS(=O)(=O)c2ccc([N+](=O)[O-])cc2C)c(C)c1. The molecular formula is C16H17NO5S. The van der Waals surface area contributed by atoms with Crippen LogP contribution in [0.25, 0.3) is 0 Å². The number of nitro benzene ring substituents is 1. The highest BCUT2D eigenvalue weighted by molar-refractivity contribution is 7.87. The average molecular weight is 335 g/mol. The molecule has 0 unspecified atom stereocenters. The standard InChI is InChI=1S/C16H17NO5S/c1-10-7-12(3)16(13(4)8-10)22-23(20,21)15-6-5-14(17(18)19)9-11(15)2/h5-9H,1-4H3. The van der Waals surface area contributed by atoms with Gasteiger partial charge in [0.2, 0.25) is 0 Å². The van der Waals surface area contributed by atoms with Crippen LogP contribution < -0.4 is 4.18 Å². The van der Waals surface area contributed by atoms with Gasteiger partial charge in [-0.25, -0.2) is 0 Å². The Kier molecular flexibility index (Phi) is 4.42. The van der Waals surface area contributed by atoms with E-state index in [4.69, 9.17) is 4.18 Å². The van der Waals surface area contributed by atoms with Gasteiger partial charge < -0.3 is 4.18 Å². The third-order valence-electron chi connectivity index (χ3n) is 3.44. The molecule has 23 heavy (non-hydrogen) atoms. The van der Waals surface area contributed by atoms with Gasteiger partial charge in [0.25, 0.3) is 5.69 Å². The molecule has 0 radical (unpaired) electrons. The van der Waals surface area contributed by atoms with Crippen LogP contribution in [0.3, 0.4) is 0 Å². The quantitative estimate of drug-likeness (QED) is 0.484. The van der Waals surface area contributed by atoms with Crippen LogP contribution in [0.5, 0.6) is 5.75 Å². The molecule has 0 atom stereocenters. The van der Waals surface area contributed by atoms with Crippen molar-refractivity contribution in [2.24, 2.45) is 0 Å². The molecular weight excluding hydrogens is 318 g/mol. The molecule has 0 spiro atoms. The molecule has 7 heteroatoms. The molecule has 122 valence electrons. The number of benzene rings is 2. The first-order chi connectivity index (χ1) is 10.6. The van der Waals surface area contributed by atoms with E-state index in [9.17, 15) is 18.5 Å². The van der Waals surface area contributed by atoms with Crippen molar-refractivity contribution in [2.75, 3.05) is 0 Å². The first-order valence-corrected chi connectivity index (χ1v) is 8.30. The fourth-order valence-electron chi connectivity index (χ4n) is 2.48. The fourth-order valence-corrected chi connectivity index (χ4v) is 3.74. The van der Waals surface area contributed by atoms with Gasteiger partial charge in [0.15, 0.2) is 0 Å². The molecule has 2 aromatic rings. The first-order valence-electron chi connectivity index (χ1n) is 6.89. The van der Waals surface area contributed by atoms with E-state index < -0.39 is 15.0 Å². The van der Waals surface area contributed by atoms with Gasteiger partial charge in [0.05, 0.1) is 4.92 Å². The van der Waals surface area contributed by atoms with E-state index >= 15 is 0 Å². The van der Waals surface area contributed by atoms with Crippen molar-refractivity contribution in [3.8, 4) is 5.75 Å². The number of rotatable bonds is 4. The topological polar surface area (TPSA) is 86.5 Å². The third-order valence-corrected chi connectivity index (χ3v) is 4.82. The normalized spacial score (nSPS) is 11.3. The van der Waals surface area contributed by atoms with Crippen LogP contribution in [0, 0.1) is 37.8 Å². The summed E-state index contributed by atoms with van der Waals surface area (Å²) in [6.07, 6.45) is 0. The molecule has 0 aliphatic carbocycles. The predicted octanol–water partition coefficient (Wildman–Crippen LogP) is 3.60. The molecule has 6 nitrogen and oxygen atoms in total. The lowest BCUT2D eigenvalue weighted by Crippen LogP contribution is -2.13. The molecule has 0 fully saturated rings. The summed E-state index contributed by atoms with van der Waals surface area (Å²) in [5.41, 5.74) is 2.54. The predicted molar refractivity (Wildman–Crippen MR) is 86.3 cm³/mol. The molecule has 0 heterocycles. The van der Waals surface area contributed by atoms with Gasteiger partial charge in [-0.3, -0.25) is 10.1 Å². The molecule has 0 aliphatic heterocycles. The molecule has 0 amide bonds. The molecule has 2 rings (SSSR count). The van der Waals surface area contributed by atoms with Crippen molar-refractivity contribution >= 4 is 15.8 Å². The lowest BCUT2D eigenvalue weighted by Gasteiger charge is -2.14. The van der Waals surface area contributed by atoms with E-state index in [0.717, 1.165) is 11.6 Å². The minimum absolute atomic E-state index is 0.0810. The van der Waals surface area contributed by atoms with E-state index in [1.165, 1.54) is 19.1 Å². The van der Waals surface area contributed by atoms with Crippen LogP contribution >= 0.6 is 0 Å². The summed E-state index contributed by atoms with van der Waals surface area (Å²) >= 11 is 0. The van der Waals surface area contributed by atoms with Crippen LogP contribution in [0.4, 0.5) is 5.69 Å². The van der Waals surface area contributed by atoms with Crippen LogP contribution in [-0.4, -0.2) is 13.3 Å². The maximum Gasteiger partial charge on any atom is 0.339 e. The second kappa shape index (κ2) is 6.00. The van der Waals surface area contributed by atoms with Crippen molar-refractivity contribution in [3.63, 3.8) is 0 Å². The Balaban J connectivity index is 2.46. The Labute approximate surface area is 135 Å². The van der Waals surface area contributed by atoms with Gasteiger partial charge in [-0.05, 0) is 50.5 Å². The number of nitrogens with zero attached hydrogens (tertiary/aromatic N) is 1. The summed E-state index contributed by atoms with van der Waals surface area (Å²) in [6.45, 7) is 6.96. The van der Waals surface area contributed by atoms with Crippen LogP contribution in [0.1, 0.15) is 22.3 Å². The van der Waals surface area contributed by atoms with E-state index in [2.05, 4.69) is 0 Å². The van der Waals surface area contributed by atoms with Crippen LogP contribution in [0.2, 0.25) is 0 Å². The van der Waals surface area contributed by atoms with E-state index in [1.807, 2.05) is 19.1 Å². The molecule has 0 aliphatic rings. The Hall–Kier alpha value is -2.41. The van der Waals surface area contributed by atoms with Gasteiger partial charge >= 0.3 is 10.1 Å². The number of hydrogen-bond acceptors (Lipinski definition) is 5. The van der Waals surface area contributed by atoms with E-state index in [1.54, 1.807) is 13.8 Å². The minimum atomic E-state index is -4.07. The highest BCUT2D eigenvalue weighted by atomic mass is 32.2. The minimum Gasteiger partial charge on any atom is -0.378 e. The molecule has 0 aromatic heterocycles. The Morgan fingerprint density at radius 1 is 0.957 bits per heavy atom.